The Bertz CT molecular complexity index is 890. The number of rotatable bonds is 3. The van der Waals surface area contributed by atoms with Crippen molar-refractivity contribution in [3.05, 3.63) is 51.9 Å². The number of aliphatic imine (C=N–C) groups is 1. The number of nitrogens with zero attached hydrogens (tertiary/aromatic N) is 2. The molecule has 0 amide bonds. The van der Waals surface area contributed by atoms with Crippen molar-refractivity contribution in [1.82, 2.24) is 0 Å². The molecule has 10 heteroatoms. The van der Waals surface area contributed by atoms with Crippen molar-refractivity contribution in [2.24, 2.45) is 10.7 Å². The Kier molecular flexibility index (Phi) is 5.16. The summed E-state index contributed by atoms with van der Waals surface area (Å²) in [5.74, 6) is -1.96. The van der Waals surface area contributed by atoms with Gasteiger partial charge in [-0.25, -0.2) is 13.6 Å². The number of carboxylic acid groups (broad SMARTS) is 1. The quantitative estimate of drug-likeness (QED) is 0.788. The number of alkyl halides is 1. The zero-order valence-electron chi connectivity index (χ0n) is 14.0. The molecule has 0 saturated carbocycles. The molecule has 2 heterocycles. The number of hydrogen-bond acceptors (Lipinski definition) is 5. The van der Waals surface area contributed by atoms with E-state index < -0.39 is 29.7 Å². The first-order valence-electron chi connectivity index (χ1n) is 7.79. The molecule has 3 N–H and O–H groups in total. The Morgan fingerprint density at radius 1 is 1.48 bits per heavy atom. The average molecular weight is 418 g/mol. The van der Waals surface area contributed by atoms with Gasteiger partial charge < -0.3 is 20.5 Å². The highest BCUT2D eigenvalue weighted by Crippen LogP contribution is 2.39. The van der Waals surface area contributed by atoms with Gasteiger partial charge in [-0.15, -0.1) is 0 Å². The molecular weight excluding hydrogens is 403 g/mol. The van der Waals surface area contributed by atoms with Gasteiger partial charge in [0.1, 0.15) is 23.8 Å². The standard InChI is InChI=1S/C17H15Cl2F2N3O3/c1-17(16(21)27-7-13(22)23-17)10-5-9(2-3-12(10)20)24-6-8(18)4-11(19)14(24)15(25)26/h2-6,14,16H,7H2,1H3,(H2,22,23)(H,25,26). The predicted molar refractivity (Wildman–Crippen MR) is 98.0 cm³/mol. The van der Waals surface area contributed by atoms with Gasteiger partial charge in [0.15, 0.2) is 6.04 Å². The fraction of sp³-hybridized carbons (Fsp3) is 0.294. The van der Waals surface area contributed by atoms with E-state index >= 15 is 0 Å². The minimum atomic E-state index is -1.94. The lowest BCUT2D eigenvalue weighted by Crippen LogP contribution is -2.44. The fourth-order valence-electron chi connectivity index (χ4n) is 3.00. The molecule has 3 unspecified atom stereocenters. The van der Waals surface area contributed by atoms with Crippen LogP contribution in [0.2, 0.25) is 0 Å². The predicted octanol–water partition coefficient (Wildman–Crippen LogP) is 3.20. The van der Waals surface area contributed by atoms with Crippen molar-refractivity contribution in [3.8, 4) is 0 Å². The summed E-state index contributed by atoms with van der Waals surface area (Å²) >= 11 is 12.0. The summed E-state index contributed by atoms with van der Waals surface area (Å²) in [7, 11) is 0. The van der Waals surface area contributed by atoms with Crippen LogP contribution >= 0.6 is 23.2 Å². The molecule has 1 aromatic rings. The maximum atomic E-state index is 14.5. The Labute approximate surface area is 163 Å². The smallest absolute Gasteiger partial charge is 0.332 e. The summed E-state index contributed by atoms with van der Waals surface area (Å²) in [5, 5.41) is 9.65. The number of halogens is 4. The van der Waals surface area contributed by atoms with E-state index in [0.717, 1.165) is 6.07 Å². The maximum absolute atomic E-state index is 14.5. The number of anilines is 1. The molecule has 144 valence electrons. The van der Waals surface area contributed by atoms with Crippen LogP contribution < -0.4 is 10.6 Å². The van der Waals surface area contributed by atoms with Gasteiger partial charge >= 0.3 is 5.97 Å². The summed E-state index contributed by atoms with van der Waals surface area (Å²) in [6.07, 6.45) is 0.712. The van der Waals surface area contributed by atoms with Gasteiger partial charge in [-0.3, -0.25) is 4.99 Å². The average Bonchev–Trinajstić information content (AvgIpc) is 2.57. The van der Waals surface area contributed by atoms with Crippen molar-refractivity contribution >= 4 is 40.7 Å². The lowest BCUT2D eigenvalue weighted by molar-refractivity contribution is -0.137. The third kappa shape index (κ3) is 3.52. The van der Waals surface area contributed by atoms with E-state index in [1.165, 1.54) is 36.2 Å². The van der Waals surface area contributed by atoms with E-state index in [1.54, 1.807) is 0 Å². The number of allylic oxidation sites excluding steroid dienone is 2. The fourth-order valence-corrected chi connectivity index (χ4v) is 3.59. The highest BCUT2D eigenvalue weighted by atomic mass is 35.5. The van der Waals surface area contributed by atoms with Crippen LogP contribution in [0.15, 0.2) is 45.5 Å². The highest BCUT2D eigenvalue weighted by Gasteiger charge is 2.43. The number of amidine groups is 1. The first-order valence-corrected chi connectivity index (χ1v) is 8.54. The Hall–Kier alpha value is -2.16. The normalized spacial score (nSPS) is 28.3. The molecule has 0 fully saturated rings. The lowest BCUT2D eigenvalue weighted by atomic mass is 9.90. The summed E-state index contributed by atoms with van der Waals surface area (Å²) in [6, 6.07) is 2.42. The van der Waals surface area contributed by atoms with Gasteiger partial charge in [0, 0.05) is 17.5 Å². The van der Waals surface area contributed by atoms with Crippen molar-refractivity contribution in [2.45, 2.75) is 24.9 Å². The number of nitrogens with two attached hydrogens (primary N) is 1. The van der Waals surface area contributed by atoms with Gasteiger partial charge in [0.25, 0.3) is 0 Å². The molecular formula is C17H15Cl2F2N3O3. The summed E-state index contributed by atoms with van der Waals surface area (Å²) in [4.78, 5) is 16.9. The molecule has 3 atom stereocenters. The Morgan fingerprint density at radius 2 is 2.19 bits per heavy atom. The molecule has 3 rings (SSSR count). The minimum absolute atomic E-state index is 0.0199. The number of carbonyl (C=O) groups is 1. The molecule has 6 nitrogen and oxygen atoms in total. The molecule has 0 aliphatic carbocycles. The van der Waals surface area contributed by atoms with Crippen LogP contribution in [0.1, 0.15) is 12.5 Å². The molecule has 0 saturated heterocycles. The highest BCUT2D eigenvalue weighted by molar-refractivity contribution is 6.36. The zero-order chi connectivity index (χ0) is 19.9. The van der Waals surface area contributed by atoms with Crippen LogP contribution in [-0.2, 0) is 15.1 Å². The second-order valence-electron chi connectivity index (χ2n) is 6.23. The number of benzene rings is 1. The van der Waals surface area contributed by atoms with Crippen LogP contribution in [0.5, 0.6) is 0 Å². The summed E-state index contributed by atoms with van der Waals surface area (Å²) in [6.45, 7) is 1.14. The topological polar surface area (TPSA) is 88.2 Å². The van der Waals surface area contributed by atoms with E-state index in [-0.39, 0.29) is 33.8 Å². The first kappa shape index (κ1) is 19.6. The van der Waals surface area contributed by atoms with E-state index in [4.69, 9.17) is 33.7 Å². The largest absolute Gasteiger partial charge is 0.479 e. The molecule has 0 radical (unpaired) electrons. The summed E-state index contributed by atoms with van der Waals surface area (Å²) in [5.41, 5.74) is 3.99. The number of ether oxygens (including phenoxy) is 1. The van der Waals surface area contributed by atoms with Gasteiger partial charge in [-0.05, 0) is 31.2 Å². The van der Waals surface area contributed by atoms with Crippen LogP contribution in [-0.4, -0.2) is 35.9 Å². The van der Waals surface area contributed by atoms with Crippen molar-refractivity contribution in [3.63, 3.8) is 0 Å². The third-order valence-corrected chi connectivity index (χ3v) is 4.82. The molecule has 1 aromatic carbocycles. The van der Waals surface area contributed by atoms with E-state index in [2.05, 4.69) is 4.99 Å². The molecule has 27 heavy (non-hydrogen) atoms. The molecule has 0 bridgehead atoms. The maximum Gasteiger partial charge on any atom is 0.332 e. The van der Waals surface area contributed by atoms with Gasteiger partial charge in [-0.2, -0.15) is 0 Å². The SMILES string of the molecule is CC1(c2cc(N3C=C(Cl)C=C(Cl)C3C(=O)O)ccc2F)N=C(N)COC1F. The molecule has 0 spiro atoms. The third-order valence-electron chi connectivity index (χ3n) is 4.30. The van der Waals surface area contributed by atoms with Crippen molar-refractivity contribution in [1.29, 1.82) is 0 Å². The van der Waals surface area contributed by atoms with E-state index in [1.807, 2.05) is 0 Å². The second kappa shape index (κ2) is 7.10. The number of carboxylic acids is 1. The van der Waals surface area contributed by atoms with Crippen LogP contribution in [0, 0.1) is 5.82 Å². The van der Waals surface area contributed by atoms with Crippen LogP contribution in [0.4, 0.5) is 14.5 Å². The molecule has 2 aliphatic heterocycles. The monoisotopic (exact) mass is 417 g/mol. The van der Waals surface area contributed by atoms with Crippen molar-refractivity contribution in [2.75, 3.05) is 11.5 Å². The Balaban J connectivity index is 2.12. The lowest BCUT2D eigenvalue weighted by Gasteiger charge is -2.35. The van der Waals surface area contributed by atoms with E-state index in [9.17, 15) is 18.7 Å². The molecule has 0 aromatic heterocycles. The zero-order valence-corrected chi connectivity index (χ0v) is 15.5. The number of hydrogen-bond donors (Lipinski definition) is 2. The number of aliphatic carboxylic acids is 1. The van der Waals surface area contributed by atoms with Crippen LogP contribution in [0.3, 0.4) is 0 Å². The minimum Gasteiger partial charge on any atom is -0.479 e. The van der Waals surface area contributed by atoms with Crippen molar-refractivity contribution < 1.29 is 23.4 Å². The summed E-state index contributed by atoms with van der Waals surface area (Å²) < 4.78 is 33.9. The second-order valence-corrected chi connectivity index (χ2v) is 7.11. The van der Waals surface area contributed by atoms with E-state index in [0.29, 0.717) is 0 Å². The van der Waals surface area contributed by atoms with Gasteiger partial charge in [0.05, 0.1) is 10.1 Å². The van der Waals surface area contributed by atoms with Crippen LogP contribution in [0.25, 0.3) is 0 Å². The first-order chi connectivity index (χ1) is 12.6. The Morgan fingerprint density at radius 3 is 2.85 bits per heavy atom. The van der Waals surface area contributed by atoms with Gasteiger partial charge in [0.2, 0.25) is 6.36 Å². The van der Waals surface area contributed by atoms with Gasteiger partial charge in [-0.1, -0.05) is 23.2 Å². The molecule has 2 aliphatic rings.